The van der Waals surface area contributed by atoms with E-state index in [0.29, 0.717) is 49.8 Å². The van der Waals surface area contributed by atoms with E-state index in [1.54, 1.807) is 13.8 Å². The van der Waals surface area contributed by atoms with Crippen molar-refractivity contribution in [2.75, 3.05) is 19.7 Å². The molecule has 708 valence electrons. The third-order valence-electron chi connectivity index (χ3n) is 20.6. The van der Waals surface area contributed by atoms with Crippen LogP contribution in [0.25, 0.3) is 0 Å². The molecule has 5 aromatic carbocycles. The lowest BCUT2D eigenvalue weighted by molar-refractivity contribution is -0.165. The second-order valence-corrected chi connectivity index (χ2v) is 46.1. The zero-order valence-electron chi connectivity index (χ0n) is 84.2. The number of aliphatic imine (C=N–C) groups is 1. The third kappa shape index (κ3) is 38.9. The van der Waals surface area contributed by atoms with E-state index >= 15 is 0 Å². The summed E-state index contributed by atoms with van der Waals surface area (Å²) in [6.45, 7) is 73.0. The van der Waals surface area contributed by atoms with Gasteiger partial charge in [-0.05, 0) is 237 Å². The van der Waals surface area contributed by atoms with Crippen molar-refractivity contribution in [3.8, 4) is 5.75 Å². The highest BCUT2D eigenvalue weighted by Gasteiger charge is 2.44. The van der Waals surface area contributed by atoms with E-state index in [2.05, 4.69) is 178 Å². The standard InChI is InChI=1S/C33H38N2O2.C26H41N3O5S.C19H37NO4.C17H26O2.C10H20O2/c1-31(2,3)29(30(36)37-32(4,5)6)22-28-23-34-24-35(28)33(25-16-10-7-11-17-25,26-18-12-8-13-19-26)27-20-14-9-15-21-27;1-10-14-33-23(30)20(25(5,6)7)12-11-13-28-24(27)29-35(31,32)22-17(3)16(2)21-19(18(22)4)15-26(8,9)34-21;1-17(2,3)14(15(21)23-18(4,5)6)12-10-11-13-20-16(22)24-19(7,8)9;1-16(2,3)14(15(18)19-17(4,5)6)12-13-10-8-7-9-11-13;1-9(2,3)7-8(11)12-10(4,5)6/h7-21,23-24,29H,22H2,1-6H3;10,20H,1,11-15H2,2-9H3,(H3,27,28,29);14H,10-13H2,1-9H3,(H,20,22);7-11,14H,12H2,1-6H3;7H2,1-6H3. The summed E-state index contributed by atoms with van der Waals surface area (Å²) >= 11 is 0. The molecule has 127 heavy (non-hydrogen) atoms. The molecular weight excluding hydrogens is 1620 g/mol. The summed E-state index contributed by atoms with van der Waals surface area (Å²) in [6, 6.07) is 41.7. The Balaban J connectivity index is 0.000000429. The molecule has 4 unspecified atom stereocenters. The first-order valence-electron chi connectivity index (χ1n) is 44.9. The van der Waals surface area contributed by atoms with Crippen molar-refractivity contribution >= 4 is 51.9 Å². The zero-order chi connectivity index (χ0) is 97.3. The molecule has 0 saturated heterocycles. The number of rotatable bonds is 26. The Morgan fingerprint density at radius 2 is 0.913 bits per heavy atom. The number of hydrogen-bond donors (Lipinski definition) is 3. The Morgan fingerprint density at radius 1 is 0.520 bits per heavy atom. The highest BCUT2D eigenvalue weighted by Crippen LogP contribution is 2.46. The number of aromatic nitrogens is 2. The van der Waals surface area contributed by atoms with Crippen molar-refractivity contribution in [3.63, 3.8) is 0 Å². The van der Waals surface area contributed by atoms with Gasteiger partial charge in [-0.25, -0.2) is 22.9 Å². The number of hydrogen-bond acceptors (Lipinski definition) is 17. The Bertz CT molecular complexity index is 4520. The number of sulfonamides is 1. The summed E-state index contributed by atoms with van der Waals surface area (Å²) < 4.78 is 69.9. The van der Waals surface area contributed by atoms with Crippen LogP contribution in [0.3, 0.4) is 0 Å². The topological polar surface area (TPSA) is 281 Å². The number of amides is 1. The maximum absolute atomic E-state index is 13.5. The summed E-state index contributed by atoms with van der Waals surface area (Å²) in [4.78, 5) is 82.5. The van der Waals surface area contributed by atoms with Crippen LogP contribution in [0, 0.1) is 71.5 Å². The van der Waals surface area contributed by atoms with Crippen LogP contribution in [0.5, 0.6) is 5.75 Å². The predicted molar refractivity (Wildman–Crippen MR) is 514 cm³/mol. The second-order valence-electron chi connectivity index (χ2n) is 44.5. The van der Waals surface area contributed by atoms with Gasteiger partial charge >= 0.3 is 35.9 Å². The molecule has 21 nitrogen and oxygen atoms in total. The predicted octanol–water partition coefficient (Wildman–Crippen LogP) is 23.0. The van der Waals surface area contributed by atoms with E-state index in [0.717, 1.165) is 64.9 Å². The van der Waals surface area contributed by atoms with Crippen molar-refractivity contribution in [2.24, 2.45) is 61.5 Å². The molecular formula is C105H162N6O15S. The number of nitrogens with one attached hydrogen (secondary N) is 2. The monoisotopic (exact) mass is 1780 g/mol. The van der Waals surface area contributed by atoms with E-state index in [9.17, 15) is 37.2 Å². The molecule has 1 aromatic heterocycles. The molecule has 4 N–H and O–H groups in total. The number of imidazole rings is 1. The molecule has 1 amide bonds. The normalized spacial score (nSPS) is 14.3. The van der Waals surface area contributed by atoms with Crippen LogP contribution >= 0.6 is 0 Å². The summed E-state index contributed by atoms with van der Waals surface area (Å²) in [5.74, 6) is -1.19. The number of carbonyl (C=O) groups is 6. The lowest BCUT2D eigenvalue weighted by atomic mass is 9.75. The molecule has 6 aromatic rings. The van der Waals surface area contributed by atoms with Crippen molar-refractivity contribution in [1.82, 2.24) is 19.6 Å². The first kappa shape index (κ1) is 112. The lowest BCUT2D eigenvalue weighted by Gasteiger charge is -2.39. The molecule has 22 heteroatoms. The number of unbranched alkanes of at least 4 members (excludes halogenated alkanes) is 1. The van der Waals surface area contributed by atoms with Gasteiger partial charge in [0.1, 0.15) is 51.5 Å². The smallest absolute Gasteiger partial charge is 0.407 e. The zero-order valence-corrected chi connectivity index (χ0v) is 85.0. The van der Waals surface area contributed by atoms with E-state index in [-0.39, 0.29) is 116 Å². The molecule has 0 radical (unpaired) electrons. The molecule has 4 atom stereocenters. The average molecular weight is 1780 g/mol. The van der Waals surface area contributed by atoms with Gasteiger partial charge < -0.3 is 48.8 Å². The Morgan fingerprint density at radius 3 is 1.31 bits per heavy atom. The van der Waals surface area contributed by atoms with Gasteiger partial charge in [0.25, 0.3) is 10.0 Å². The van der Waals surface area contributed by atoms with Crippen LogP contribution in [0.15, 0.2) is 156 Å². The van der Waals surface area contributed by atoms with Gasteiger partial charge in [-0.15, -0.1) is 0 Å². The minimum Gasteiger partial charge on any atom is -0.487 e. The second kappa shape index (κ2) is 46.3. The maximum Gasteiger partial charge on any atom is 0.407 e. The van der Waals surface area contributed by atoms with Crippen LogP contribution in [-0.4, -0.2) is 113 Å². The van der Waals surface area contributed by atoms with Gasteiger partial charge in [0.05, 0.1) is 41.3 Å². The molecule has 0 spiro atoms. The van der Waals surface area contributed by atoms with Crippen molar-refractivity contribution in [3.05, 3.63) is 197 Å². The van der Waals surface area contributed by atoms with Gasteiger partial charge in [-0.2, -0.15) is 0 Å². The van der Waals surface area contributed by atoms with Gasteiger partial charge in [0.2, 0.25) is 5.96 Å². The first-order chi connectivity index (χ1) is 57.9. The number of nitrogens with two attached hydrogens (primary N) is 1. The summed E-state index contributed by atoms with van der Waals surface area (Å²) in [5, 5.41) is 2.74. The number of nitrogens with zero attached hydrogens (tertiary/aromatic N) is 3. The van der Waals surface area contributed by atoms with Crippen molar-refractivity contribution < 1.29 is 70.3 Å². The Kier molecular flexibility index (Phi) is 40.8. The van der Waals surface area contributed by atoms with E-state index in [1.165, 1.54) is 11.6 Å². The molecule has 1 aliphatic heterocycles. The number of alkyl carbamates (subject to hydrolysis) is 1. The summed E-state index contributed by atoms with van der Waals surface area (Å²) in [7, 11) is -3.95. The van der Waals surface area contributed by atoms with E-state index < -0.39 is 44.1 Å². The largest absolute Gasteiger partial charge is 0.487 e. The van der Waals surface area contributed by atoms with E-state index in [1.807, 2.05) is 215 Å². The Hall–Kier alpha value is -9.31. The fourth-order valence-electron chi connectivity index (χ4n) is 14.6. The molecule has 1 aliphatic rings. The number of ether oxygens (including phenoxy) is 7. The maximum atomic E-state index is 13.5. The highest BCUT2D eigenvalue weighted by atomic mass is 32.2. The highest BCUT2D eigenvalue weighted by molar-refractivity contribution is 7.90. The number of guanidine groups is 1. The van der Waals surface area contributed by atoms with Crippen LogP contribution in [-0.2, 0) is 87.2 Å². The average Bonchev–Trinajstić information content (AvgIpc) is 1.72. The SMILES string of the molecule is C=CCOC(=O)C(CCCN=C(N)NS(=O)(=O)c1c(C)c(C)c2c(c1C)CC(C)(C)O2)C(C)(C)C.CC(C)(C)CC(=O)OC(C)(C)C.CC(C)(C)OC(=O)C(Cc1ccccc1)C(C)(C)C.CC(C)(C)OC(=O)C(Cc1cncn1C(c1ccccc1)(c1ccccc1)c1ccccc1)C(C)(C)C.CC(C)(C)OC(=O)NCCCCC(C(=O)OC(C)(C)C)C(C)(C)C. The van der Waals surface area contributed by atoms with E-state index in [4.69, 9.17) is 38.9 Å². The van der Waals surface area contributed by atoms with Crippen LogP contribution in [0.2, 0.25) is 0 Å². The minimum atomic E-state index is -3.95. The molecule has 0 saturated carbocycles. The van der Waals surface area contributed by atoms with Gasteiger partial charge in [0.15, 0.2) is 0 Å². The molecule has 2 heterocycles. The summed E-state index contributed by atoms with van der Waals surface area (Å²) in [6.07, 6.45) is 10.7. The molecule has 0 aliphatic carbocycles. The van der Waals surface area contributed by atoms with Gasteiger partial charge in [0, 0.05) is 43.4 Å². The lowest BCUT2D eigenvalue weighted by Crippen LogP contribution is -2.41. The van der Waals surface area contributed by atoms with Crippen molar-refractivity contribution in [2.45, 2.75) is 344 Å². The number of benzene rings is 5. The fraction of sp³-hybridized carbons (Fsp3) is 0.600. The van der Waals surface area contributed by atoms with Gasteiger partial charge in [-0.1, -0.05) is 244 Å². The van der Waals surface area contributed by atoms with Gasteiger partial charge in [-0.3, -0.25) is 29.0 Å². The number of carbonyl (C=O) groups excluding carboxylic acids is 6. The van der Waals surface area contributed by atoms with Crippen LogP contribution < -0.4 is 20.5 Å². The minimum absolute atomic E-state index is 0.0162. The number of fused-ring (bicyclic) bond motifs is 1. The Labute approximate surface area is 765 Å². The summed E-state index contributed by atoms with van der Waals surface area (Å²) in [5.41, 5.74) is 10.3. The first-order valence-corrected chi connectivity index (χ1v) is 46.4. The fourth-order valence-corrected chi connectivity index (χ4v) is 16.1. The quantitative estimate of drug-likeness (QED) is 0.00865. The molecule has 0 fully saturated rings. The van der Waals surface area contributed by atoms with Crippen molar-refractivity contribution in [1.29, 1.82) is 0 Å². The molecule has 0 bridgehead atoms. The van der Waals surface area contributed by atoms with Crippen LogP contribution in [0.4, 0.5) is 4.79 Å². The third-order valence-corrected chi connectivity index (χ3v) is 22.3. The van der Waals surface area contributed by atoms with Crippen LogP contribution in [0.1, 0.15) is 310 Å². The number of esters is 5. The molecule has 7 rings (SSSR count).